The molecule has 1 aliphatic rings. The number of likely N-dealkylation sites (N-methyl/N-ethyl adjacent to an activating group) is 1. The molecule has 0 N–H and O–H groups in total. The number of pyridine rings is 1. The number of halogens is 1. The number of ether oxygens (including phenoxy) is 1. The van der Waals surface area contributed by atoms with Gasteiger partial charge in [0, 0.05) is 48.8 Å². The van der Waals surface area contributed by atoms with Crippen LogP contribution in [0.3, 0.4) is 0 Å². The summed E-state index contributed by atoms with van der Waals surface area (Å²) in [6, 6.07) is 6.13. The summed E-state index contributed by atoms with van der Waals surface area (Å²) in [5, 5.41) is 1.11. The average molecular weight is 350 g/mol. The minimum Gasteiger partial charge on any atom is -0.497 e. The largest absolute Gasteiger partial charge is 0.497 e. The monoisotopic (exact) mass is 349 g/mol. The number of benzene rings is 1. The van der Waals surface area contributed by atoms with Gasteiger partial charge in [-0.25, -0.2) is 0 Å². The maximum atomic E-state index is 5.45. The highest BCUT2D eigenvalue weighted by Gasteiger charge is 2.16. The Labute approximate surface area is 133 Å². The van der Waals surface area contributed by atoms with Gasteiger partial charge in [0.1, 0.15) is 5.75 Å². The van der Waals surface area contributed by atoms with Gasteiger partial charge in [0.2, 0.25) is 0 Å². The highest BCUT2D eigenvalue weighted by molar-refractivity contribution is 9.10. The number of piperazine rings is 1. The topological polar surface area (TPSA) is 28.6 Å². The van der Waals surface area contributed by atoms with Gasteiger partial charge in [-0.1, -0.05) is 15.9 Å². The van der Waals surface area contributed by atoms with Gasteiger partial charge in [-0.05, 0) is 30.8 Å². The molecule has 0 amide bonds. The number of hydrogen-bond acceptors (Lipinski definition) is 4. The zero-order chi connectivity index (χ0) is 14.8. The second-order valence-electron chi connectivity index (χ2n) is 5.55. The predicted octanol–water partition coefficient (Wildman–Crippen LogP) is 2.75. The fraction of sp³-hybridized carbons (Fsp3) is 0.438. The van der Waals surface area contributed by atoms with Gasteiger partial charge in [0.25, 0.3) is 0 Å². The van der Waals surface area contributed by atoms with Crippen LogP contribution in [0.4, 0.5) is 0 Å². The minimum atomic E-state index is 0.889. The molecule has 1 fully saturated rings. The van der Waals surface area contributed by atoms with Crippen molar-refractivity contribution in [3.63, 3.8) is 0 Å². The van der Waals surface area contributed by atoms with Crippen molar-refractivity contribution in [1.82, 2.24) is 14.8 Å². The van der Waals surface area contributed by atoms with Crippen molar-refractivity contribution >= 4 is 26.8 Å². The van der Waals surface area contributed by atoms with Gasteiger partial charge in [-0.3, -0.25) is 9.88 Å². The van der Waals surface area contributed by atoms with E-state index >= 15 is 0 Å². The van der Waals surface area contributed by atoms with E-state index < -0.39 is 0 Å². The summed E-state index contributed by atoms with van der Waals surface area (Å²) < 4.78 is 6.51. The molecular formula is C16H20BrN3O. The maximum Gasteiger partial charge on any atom is 0.119 e. The summed E-state index contributed by atoms with van der Waals surface area (Å²) in [7, 11) is 3.89. The normalized spacial score (nSPS) is 17.3. The van der Waals surface area contributed by atoms with Gasteiger partial charge < -0.3 is 9.64 Å². The summed E-state index contributed by atoms with van der Waals surface area (Å²) in [5.41, 5.74) is 2.29. The second-order valence-corrected chi connectivity index (χ2v) is 6.41. The number of rotatable bonds is 3. The molecule has 0 bridgehead atoms. The first kappa shape index (κ1) is 14.8. The standard InChI is InChI=1S/C16H20BrN3O/c1-19-5-7-20(8-6-19)11-12-9-13(21-2)10-14-15(17)3-4-18-16(12)14/h3-4,9-10H,5-8,11H2,1-2H3. The molecule has 112 valence electrons. The number of hydrogen-bond donors (Lipinski definition) is 0. The fourth-order valence-electron chi connectivity index (χ4n) is 2.75. The Hall–Kier alpha value is -1.17. The number of methoxy groups -OCH3 is 1. The van der Waals surface area contributed by atoms with Crippen LogP contribution in [0.15, 0.2) is 28.9 Å². The summed E-state index contributed by atoms with van der Waals surface area (Å²) >= 11 is 3.61. The summed E-state index contributed by atoms with van der Waals surface area (Å²) in [5.74, 6) is 0.889. The lowest BCUT2D eigenvalue weighted by atomic mass is 10.1. The van der Waals surface area contributed by atoms with E-state index in [0.29, 0.717) is 0 Å². The lowest BCUT2D eigenvalue weighted by molar-refractivity contribution is 0.148. The van der Waals surface area contributed by atoms with Crippen molar-refractivity contribution in [1.29, 1.82) is 0 Å². The molecule has 0 atom stereocenters. The molecular weight excluding hydrogens is 330 g/mol. The third-order valence-corrected chi connectivity index (χ3v) is 4.76. The third kappa shape index (κ3) is 3.20. The van der Waals surface area contributed by atoms with E-state index in [1.54, 1.807) is 7.11 Å². The summed E-state index contributed by atoms with van der Waals surface area (Å²) in [6.45, 7) is 5.37. The van der Waals surface area contributed by atoms with Crippen molar-refractivity contribution in [3.8, 4) is 5.75 Å². The van der Waals surface area contributed by atoms with E-state index in [0.717, 1.165) is 53.8 Å². The first-order valence-electron chi connectivity index (χ1n) is 7.19. The molecule has 1 aromatic carbocycles. The van der Waals surface area contributed by atoms with Crippen LogP contribution < -0.4 is 4.74 Å². The molecule has 0 radical (unpaired) electrons. The van der Waals surface area contributed by atoms with Gasteiger partial charge >= 0.3 is 0 Å². The second kappa shape index (κ2) is 6.30. The molecule has 1 saturated heterocycles. The third-order valence-electron chi connectivity index (χ3n) is 4.07. The van der Waals surface area contributed by atoms with E-state index in [1.807, 2.05) is 18.3 Å². The molecule has 1 aliphatic heterocycles. The van der Waals surface area contributed by atoms with Crippen LogP contribution in [0.5, 0.6) is 5.75 Å². The average Bonchev–Trinajstić information content (AvgIpc) is 2.50. The highest BCUT2D eigenvalue weighted by Crippen LogP contribution is 2.30. The molecule has 0 aliphatic carbocycles. The molecule has 21 heavy (non-hydrogen) atoms. The van der Waals surface area contributed by atoms with Crippen molar-refractivity contribution in [2.45, 2.75) is 6.54 Å². The van der Waals surface area contributed by atoms with Gasteiger partial charge in [0.15, 0.2) is 0 Å². The van der Waals surface area contributed by atoms with Crippen LogP contribution in [-0.2, 0) is 6.54 Å². The van der Waals surface area contributed by atoms with Crippen molar-refractivity contribution in [2.75, 3.05) is 40.3 Å². The molecule has 4 nitrogen and oxygen atoms in total. The maximum absolute atomic E-state index is 5.45. The lowest BCUT2D eigenvalue weighted by Crippen LogP contribution is -2.43. The van der Waals surface area contributed by atoms with Crippen LogP contribution in [-0.4, -0.2) is 55.1 Å². The molecule has 0 saturated carbocycles. The zero-order valence-corrected chi connectivity index (χ0v) is 14.1. The Morgan fingerprint density at radius 3 is 2.71 bits per heavy atom. The van der Waals surface area contributed by atoms with Crippen LogP contribution in [0.25, 0.3) is 10.9 Å². The Kier molecular flexibility index (Phi) is 4.42. The van der Waals surface area contributed by atoms with Crippen LogP contribution in [0, 0.1) is 0 Å². The fourth-order valence-corrected chi connectivity index (χ4v) is 3.17. The quantitative estimate of drug-likeness (QED) is 0.851. The van der Waals surface area contributed by atoms with Crippen molar-refractivity contribution < 1.29 is 4.74 Å². The molecule has 3 rings (SSSR count). The van der Waals surface area contributed by atoms with E-state index in [4.69, 9.17) is 4.74 Å². The molecule has 0 spiro atoms. The summed E-state index contributed by atoms with van der Waals surface area (Å²) in [6.07, 6.45) is 1.85. The molecule has 5 heteroatoms. The van der Waals surface area contributed by atoms with E-state index in [1.165, 1.54) is 5.56 Å². The Bertz CT molecular complexity index is 639. The number of aromatic nitrogens is 1. The Balaban J connectivity index is 1.95. The minimum absolute atomic E-state index is 0.889. The van der Waals surface area contributed by atoms with Crippen LogP contribution in [0.1, 0.15) is 5.56 Å². The zero-order valence-electron chi connectivity index (χ0n) is 12.5. The van der Waals surface area contributed by atoms with E-state index in [-0.39, 0.29) is 0 Å². The van der Waals surface area contributed by atoms with Gasteiger partial charge in [-0.2, -0.15) is 0 Å². The van der Waals surface area contributed by atoms with Gasteiger partial charge in [0.05, 0.1) is 12.6 Å². The van der Waals surface area contributed by atoms with E-state index in [2.05, 4.69) is 43.8 Å². The summed E-state index contributed by atoms with van der Waals surface area (Å²) in [4.78, 5) is 9.43. The number of nitrogens with zero attached hydrogens (tertiary/aromatic N) is 3. The molecule has 2 aromatic rings. The predicted molar refractivity (Wildman–Crippen MR) is 88.8 cm³/mol. The molecule has 1 aromatic heterocycles. The van der Waals surface area contributed by atoms with Crippen LogP contribution in [0.2, 0.25) is 0 Å². The molecule has 0 unspecified atom stereocenters. The van der Waals surface area contributed by atoms with Gasteiger partial charge in [-0.15, -0.1) is 0 Å². The lowest BCUT2D eigenvalue weighted by Gasteiger charge is -2.32. The molecule has 2 heterocycles. The van der Waals surface area contributed by atoms with Crippen LogP contribution >= 0.6 is 15.9 Å². The Morgan fingerprint density at radius 1 is 1.24 bits per heavy atom. The number of fused-ring (bicyclic) bond motifs is 1. The van der Waals surface area contributed by atoms with E-state index in [9.17, 15) is 0 Å². The highest BCUT2D eigenvalue weighted by atomic mass is 79.9. The Morgan fingerprint density at radius 2 is 2.00 bits per heavy atom. The first-order chi connectivity index (χ1) is 10.2. The smallest absolute Gasteiger partial charge is 0.119 e. The van der Waals surface area contributed by atoms with Crippen molar-refractivity contribution in [2.24, 2.45) is 0 Å². The SMILES string of the molecule is COc1cc(CN2CCN(C)CC2)c2nccc(Br)c2c1. The first-order valence-corrected chi connectivity index (χ1v) is 7.98. The van der Waals surface area contributed by atoms with Crippen molar-refractivity contribution in [3.05, 3.63) is 34.4 Å².